The van der Waals surface area contributed by atoms with Crippen molar-refractivity contribution >= 4 is 16.9 Å². The van der Waals surface area contributed by atoms with Crippen molar-refractivity contribution in [1.82, 2.24) is 9.97 Å². The second kappa shape index (κ2) is 9.28. The van der Waals surface area contributed by atoms with Crippen molar-refractivity contribution in [2.24, 2.45) is 5.73 Å². The van der Waals surface area contributed by atoms with Gasteiger partial charge < -0.3 is 9.47 Å². The number of nitrogens with two attached hydrogens (primary N) is 1. The molecule has 0 fully saturated rings. The average Bonchev–Trinajstić information content (AvgIpc) is 2.70. The zero-order chi connectivity index (χ0) is 19.9. The fraction of sp³-hybridized carbons (Fsp3) is 0.318. The van der Waals surface area contributed by atoms with Crippen molar-refractivity contribution < 1.29 is 9.47 Å². The maximum Gasteiger partial charge on any atom is 0.240 e. The molecule has 0 aliphatic heterocycles. The van der Waals surface area contributed by atoms with E-state index in [1.165, 1.54) is 5.56 Å². The highest BCUT2D eigenvalue weighted by molar-refractivity contribution is 5.79. The number of rotatable bonds is 8. The Labute approximate surface area is 165 Å². The SMILES string of the molecule is COc1nc2ccccc2nc1-c1cccc(CCCCC(=N)OC(C)N)c1. The molecule has 6 nitrogen and oxygen atoms in total. The number of para-hydroxylation sites is 2. The Bertz CT molecular complexity index is 956. The summed E-state index contributed by atoms with van der Waals surface area (Å²) in [5.74, 6) is 0.775. The fourth-order valence-corrected chi connectivity index (χ4v) is 3.09. The molecule has 2 aromatic carbocycles. The van der Waals surface area contributed by atoms with Crippen LogP contribution in [0.25, 0.3) is 22.3 Å². The van der Waals surface area contributed by atoms with E-state index in [1.54, 1.807) is 14.0 Å². The fourth-order valence-electron chi connectivity index (χ4n) is 3.09. The lowest BCUT2D eigenvalue weighted by Crippen LogP contribution is -2.22. The molecule has 3 N–H and O–H groups in total. The summed E-state index contributed by atoms with van der Waals surface area (Å²) < 4.78 is 10.7. The van der Waals surface area contributed by atoms with Gasteiger partial charge in [-0.1, -0.05) is 30.3 Å². The van der Waals surface area contributed by atoms with Gasteiger partial charge >= 0.3 is 0 Å². The van der Waals surface area contributed by atoms with Crippen molar-refractivity contribution in [3.05, 3.63) is 54.1 Å². The summed E-state index contributed by atoms with van der Waals surface area (Å²) in [6.45, 7) is 1.73. The predicted molar refractivity (Wildman–Crippen MR) is 112 cm³/mol. The van der Waals surface area contributed by atoms with Crippen LogP contribution >= 0.6 is 0 Å². The standard InChI is InChI=1S/C22H26N4O2/c1-15(23)28-20(24)13-6-3-8-16-9-7-10-17(14-16)21-22(27-2)26-19-12-5-4-11-18(19)25-21/h4-5,7,9-12,14-15,24H,3,6,8,13,23H2,1-2H3. The lowest BCUT2D eigenvalue weighted by Gasteiger charge is -2.11. The monoisotopic (exact) mass is 378 g/mol. The van der Waals surface area contributed by atoms with Gasteiger partial charge in [0.05, 0.1) is 18.1 Å². The number of unbranched alkanes of at least 4 members (excludes halogenated alkanes) is 1. The highest BCUT2D eigenvalue weighted by atomic mass is 16.5. The van der Waals surface area contributed by atoms with E-state index in [9.17, 15) is 0 Å². The number of aryl methyl sites for hydroxylation is 1. The van der Waals surface area contributed by atoms with E-state index in [0.29, 0.717) is 12.3 Å². The van der Waals surface area contributed by atoms with Crippen LogP contribution in [0.5, 0.6) is 5.88 Å². The Morgan fingerprint density at radius 3 is 2.54 bits per heavy atom. The molecule has 1 atom stereocenters. The summed E-state index contributed by atoms with van der Waals surface area (Å²) in [7, 11) is 1.62. The predicted octanol–water partition coefficient (Wildman–Crippen LogP) is 4.32. The molecule has 0 bridgehead atoms. The van der Waals surface area contributed by atoms with E-state index in [-0.39, 0.29) is 5.90 Å². The van der Waals surface area contributed by atoms with Crippen LogP contribution < -0.4 is 10.5 Å². The molecular weight excluding hydrogens is 352 g/mol. The molecule has 0 radical (unpaired) electrons. The van der Waals surface area contributed by atoms with Gasteiger partial charge in [0.1, 0.15) is 11.9 Å². The molecule has 0 aliphatic carbocycles. The average molecular weight is 378 g/mol. The molecule has 1 heterocycles. The number of aromatic nitrogens is 2. The summed E-state index contributed by atoms with van der Waals surface area (Å²) in [6, 6.07) is 16.1. The maximum atomic E-state index is 7.73. The zero-order valence-electron chi connectivity index (χ0n) is 16.3. The molecule has 1 aromatic heterocycles. The van der Waals surface area contributed by atoms with E-state index in [1.807, 2.05) is 36.4 Å². The topological polar surface area (TPSA) is 94.1 Å². The molecule has 0 amide bonds. The number of ether oxygens (including phenoxy) is 2. The third-order valence-electron chi connectivity index (χ3n) is 4.38. The largest absolute Gasteiger partial charge is 0.479 e. The van der Waals surface area contributed by atoms with Crippen LogP contribution in [0.1, 0.15) is 31.7 Å². The first-order valence-corrected chi connectivity index (χ1v) is 9.46. The Morgan fingerprint density at radius 2 is 1.82 bits per heavy atom. The molecule has 0 spiro atoms. The van der Waals surface area contributed by atoms with E-state index in [0.717, 1.165) is 41.6 Å². The third-order valence-corrected chi connectivity index (χ3v) is 4.38. The first-order chi connectivity index (χ1) is 13.6. The normalized spacial score (nSPS) is 12.0. The number of hydrogen-bond acceptors (Lipinski definition) is 6. The second-order valence-corrected chi connectivity index (χ2v) is 6.72. The minimum absolute atomic E-state index is 0.250. The quantitative estimate of drug-likeness (QED) is 0.263. The van der Waals surface area contributed by atoms with Gasteiger partial charge in [-0.3, -0.25) is 11.1 Å². The first-order valence-electron chi connectivity index (χ1n) is 9.46. The van der Waals surface area contributed by atoms with Crippen molar-refractivity contribution in [1.29, 1.82) is 5.41 Å². The molecule has 6 heteroatoms. The van der Waals surface area contributed by atoms with Crippen LogP contribution in [0.4, 0.5) is 0 Å². The summed E-state index contributed by atoms with van der Waals surface area (Å²) in [4.78, 5) is 9.35. The summed E-state index contributed by atoms with van der Waals surface area (Å²) in [5, 5.41) is 7.73. The van der Waals surface area contributed by atoms with Crippen molar-refractivity contribution in [3.8, 4) is 17.1 Å². The minimum Gasteiger partial charge on any atom is -0.479 e. The van der Waals surface area contributed by atoms with Crippen LogP contribution in [-0.2, 0) is 11.2 Å². The number of nitrogens with one attached hydrogen (secondary N) is 1. The zero-order valence-corrected chi connectivity index (χ0v) is 16.3. The summed E-state index contributed by atoms with van der Waals surface area (Å²) in [5.41, 5.74) is 10.1. The van der Waals surface area contributed by atoms with Gasteiger partial charge in [0, 0.05) is 12.0 Å². The molecule has 3 aromatic rings. The Balaban J connectivity index is 1.71. The van der Waals surface area contributed by atoms with E-state index < -0.39 is 6.23 Å². The third kappa shape index (κ3) is 5.04. The van der Waals surface area contributed by atoms with Crippen LogP contribution in [0.15, 0.2) is 48.5 Å². The highest BCUT2D eigenvalue weighted by Gasteiger charge is 2.12. The van der Waals surface area contributed by atoms with Gasteiger partial charge in [-0.25, -0.2) is 9.97 Å². The van der Waals surface area contributed by atoms with Crippen LogP contribution in [0.3, 0.4) is 0 Å². The molecule has 0 saturated carbocycles. The van der Waals surface area contributed by atoms with Gasteiger partial charge in [-0.15, -0.1) is 0 Å². The lowest BCUT2D eigenvalue weighted by atomic mass is 10.0. The summed E-state index contributed by atoms with van der Waals surface area (Å²) in [6.07, 6.45) is 2.94. The van der Waals surface area contributed by atoms with Gasteiger partial charge in [0.25, 0.3) is 0 Å². The van der Waals surface area contributed by atoms with Gasteiger partial charge in [0.15, 0.2) is 5.90 Å². The van der Waals surface area contributed by atoms with Crippen molar-refractivity contribution in [2.45, 2.75) is 38.8 Å². The first kappa shape index (κ1) is 19.8. The summed E-state index contributed by atoms with van der Waals surface area (Å²) >= 11 is 0. The molecule has 146 valence electrons. The molecule has 0 aliphatic rings. The van der Waals surface area contributed by atoms with Gasteiger partial charge in [0.2, 0.25) is 5.88 Å². The molecule has 28 heavy (non-hydrogen) atoms. The van der Waals surface area contributed by atoms with E-state index in [2.05, 4.69) is 17.1 Å². The Kier molecular flexibility index (Phi) is 6.55. The number of benzene rings is 2. The van der Waals surface area contributed by atoms with Crippen LogP contribution in [0, 0.1) is 5.41 Å². The maximum absolute atomic E-state index is 7.73. The minimum atomic E-state index is -0.428. The lowest BCUT2D eigenvalue weighted by molar-refractivity contribution is 0.206. The second-order valence-electron chi connectivity index (χ2n) is 6.72. The molecular formula is C22H26N4O2. The Morgan fingerprint density at radius 1 is 1.07 bits per heavy atom. The number of nitrogens with zero attached hydrogens (tertiary/aromatic N) is 2. The number of hydrogen-bond donors (Lipinski definition) is 2. The van der Waals surface area contributed by atoms with Crippen LogP contribution in [0.2, 0.25) is 0 Å². The molecule has 3 rings (SSSR count). The highest BCUT2D eigenvalue weighted by Crippen LogP contribution is 2.29. The van der Waals surface area contributed by atoms with Gasteiger partial charge in [-0.2, -0.15) is 0 Å². The Hall–Kier alpha value is -2.99. The molecule has 0 saturated heterocycles. The van der Waals surface area contributed by atoms with Crippen molar-refractivity contribution in [3.63, 3.8) is 0 Å². The van der Waals surface area contributed by atoms with Crippen LogP contribution in [-0.4, -0.2) is 29.2 Å². The molecule has 1 unspecified atom stereocenters. The number of fused-ring (bicyclic) bond motifs is 1. The van der Waals surface area contributed by atoms with Crippen molar-refractivity contribution in [2.75, 3.05) is 7.11 Å². The van der Waals surface area contributed by atoms with Gasteiger partial charge in [-0.05, 0) is 49.9 Å². The van der Waals surface area contributed by atoms with E-state index in [4.69, 9.17) is 25.6 Å². The number of methoxy groups -OCH3 is 1. The smallest absolute Gasteiger partial charge is 0.240 e. The van der Waals surface area contributed by atoms with E-state index >= 15 is 0 Å².